The smallest absolute Gasteiger partial charge is 0.160 e. The van der Waals surface area contributed by atoms with Crippen molar-refractivity contribution in [1.29, 1.82) is 0 Å². The molecule has 2 aliphatic rings. The number of hydrogen-bond donors (Lipinski definition) is 1. The minimum absolute atomic E-state index is 0.000525. The Kier molecular flexibility index (Phi) is 7.05. The molecule has 4 rings (SSSR count). The number of benzene rings is 1. The van der Waals surface area contributed by atoms with Crippen LogP contribution in [0.3, 0.4) is 0 Å². The lowest BCUT2D eigenvalue weighted by Gasteiger charge is -2.35. The predicted molar refractivity (Wildman–Crippen MR) is 120 cm³/mol. The third-order valence-electron chi connectivity index (χ3n) is 4.97. The molecule has 2 aromatic rings. The van der Waals surface area contributed by atoms with Gasteiger partial charge in [0, 0.05) is 47.4 Å². The molecule has 1 unspecified atom stereocenters. The number of ketones is 1. The second kappa shape index (κ2) is 9.31. The maximum Gasteiger partial charge on any atom is 0.160 e. The van der Waals surface area contributed by atoms with Crippen molar-refractivity contribution in [3.63, 3.8) is 0 Å². The van der Waals surface area contributed by atoms with E-state index in [1.54, 1.807) is 6.92 Å². The topological polar surface area (TPSA) is 45.2 Å². The van der Waals surface area contributed by atoms with Crippen molar-refractivity contribution in [3.8, 4) is 0 Å². The summed E-state index contributed by atoms with van der Waals surface area (Å²) in [4.78, 5) is 19.6. The molecule has 1 atom stereocenters. The molecule has 1 aromatic heterocycles. The number of piperazine rings is 1. The Labute approximate surface area is 180 Å². The summed E-state index contributed by atoms with van der Waals surface area (Å²) in [6.45, 7) is 9.35. The van der Waals surface area contributed by atoms with Gasteiger partial charge in [0.15, 0.2) is 5.78 Å². The molecule has 1 fully saturated rings. The lowest BCUT2D eigenvalue weighted by Crippen LogP contribution is -2.45. The van der Waals surface area contributed by atoms with Crippen LogP contribution in [0, 0.1) is 0 Å². The molecule has 1 aliphatic heterocycles. The van der Waals surface area contributed by atoms with Gasteiger partial charge in [0.2, 0.25) is 0 Å². The Morgan fingerprint density at radius 2 is 1.96 bits per heavy atom. The van der Waals surface area contributed by atoms with Gasteiger partial charge in [-0.2, -0.15) is 0 Å². The molecule has 1 aromatic carbocycles. The van der Waals surface area contributed by atoms with Crippen LogP contribution in [0.5, 0.6) is 0 Å². The van der Waals surface area contributed by atoms with Gasteiger partial charge in [-0.1, -0.05) is 31.5 Å². The summed E-state index contributed by atoms with van der Waals surface area (Å²) in [6.07, 6.45) is 3.78. The summed E-state index contributed by atoms with van der Waals surface area (Å²) < 4.78 is 0.901. The summed E-state index contributed by atoms with van der Waals surface area (Å²) >= 11 is 9.80. The third-order valence-corrected chi connectivity index (χ3v) is 5.64. The van der Waals surface area contributed by atoms with Crippen LogP contribution >= 0.6 is 27.5 Å². The number of fused-ring (bicyclic) bond motifs is 2. The lowest BCUT2D eigenvalue weighted by molar-refractivity contribution is -0.111. The van der Waals surface area contributed by atoms with Crippen molar-refractivity contribution in [3.05, 3.63) is 62.3 Å². The van der Waals surface area contributed by atoms with Crippen molar-refractivity contribution in [1.82, 2.24) is 15.2 Å². The summed E-state index contributed by atoms with van der Waals surface area (Å²) in [5.41, 5.74) is 4.63. The number of carbonyl (C=O) groups excluding carboxylic acids is 1. The molecule has 0 amide bonds. The van der Waals surface area contributed by atoms with Crippen LogP contribution in [0.15, 0.2) is 34.9 Å². The van der Waals surface area contributed by atoms with Gasteiger partial charge in [-0.25, -0.2) is 0 Å². The highest BCUT2D eigenvalue weighted by Crippen LogP contribution is 2.40. The number of hydrogen-bond acceptors (Lipinski definition) is 4. The molecular weight excluding hydrogens is 438 g/mol. The first kappa shape index (κ1) is 21.2. The van der Waals surface area contributed by atoms with Gasteiger partial charge >= 0.3 is 0 Å². The van der Waals surface area contributed by atoms with E-state index >= 15 is 0 Å². The number of aromatic nitrogens is 1. The maximum absolute atomic E-state index is 12.4. The number of Topliss-reactive ketones (excluding diaryl/α,β-unsaturated/α-hetero) is 1. The van der Waals surface area contributed by atoms with E-state index in [-0.39, 0.29) is 11.8 Å². The average Bonchev–Trinajstić information content (AvgIpc) is 2.84. The predicted octanol–water partition coefficient (Wildman–Crippen LogP) is 4.96. The Morgan fingerprint density at radius 3 is 2.64 bits per heavy atom. The fourth-order valence-electron chi connectivity index (χ4n) is 3.79. The van der Waals surface area contributed by atoms with E-state index in [1.165, 1.54) is 0 Å². The Morgan fingerprint density at radius 1 is 1.25 bits per heavy atom. The number of allylic oxidation sites excluding steroid dienone is 1. The number of nitrogens with zero attached hydrogens (tertiary/aromatic N) is 2. The van der Waals surface area contributed by atoms with E-state index in [4.69, 9.17) is 16.6 Å². The van der Waals surface area contributed by atoms with Gasteiger partial charge in [-0.05, 0) is 63.8 Å². The van der Waals surface area contributed by atoms with Crippen molar-refractivity contribution >= 4 is 45.0 Å². The van der Waals surface area contributed by atoms with Gasteiger partial charge in [0.1, 0.15) is 0 Å². The largest absolute Gasteiger partial charge is 0.314 e. The second-order valence-electron chi connectivity index (χ2n) is 6.66. The van der Waals surface area contributed by atoms with E-state index in [9.17, 15) is 4.79 Å². The zero-order chi connectivity index (χ0) is 20.3. The molecule has 0 spiro atoms. The average molecular weight is 463 g/mol. The van der Waals surface area contributed by atoms with E-state index in [0.717, 1.165) is 53.0 Å². The number of pyridine rings is 1. The zero-order valence-electron chi connectivity index (χ0n) is 16.4. The molecule has 1 saturated heterocycles. The molecule has 2 heterocycles. The summed E-state index contributed by atoms with van der Waals surface area (Å²) in [6, 6.07) is 7.88. The molecular formula is C22H25BrClN3O. The molecule has 0 radical (unpaired) electrons. The highest BCUT2D eigenvalue weighted by molar-refractivity contribution is 9.10. The first-order chi connectivity index (χ1) is 13.5. The minimum Gasteiger partial charge on any atom is -0.314 e. The van der Waals surface area contributed by atoms with Crippen LogP contribution in [0.2, 0.25) is 5.02 Å². The number of carbonyl (C=O) groups is 1. The van der Waals surface area contributed by atoms with Crippen LogP contribution in [0.25, 0.3) is 11.6 Å². The van der Waals surface area contributed by atoms with Gasteiger partial charge in [0.05, 0.1) is 11.7 Å². The highest BCUT2D eigenvalue weighted by atomic mass is 79.9. The van der Waals surface area contributed by atoms with Crippen LogP contribution in [-0.2, 0) is 4.79 Å². The molecule has 0 saturated carbocycles. The Hall–Kier alpha value is -1.53. The molecule has 0 bridgehead atoms. The van der Waals surface area contributed by atoms with Crippen LogP contribution in [-0.4, -0.2) is 41.8 Å². The van der Waals surface area contributed by atoms with E-state index in [0.29, 0.717) is 10.6 Å². The van der Waals surface area contributed by atoms with Gasteiger partial charge in [-0.15, -0.1) is 0 Å². The lowest BCUT2D eigenvalue weighted by atomic mass is 9.92. The first-order valence-corrected chi connectivity index (χ1v) is 10.8. The standard InChI is InChI=1S/C20H19BrClN3O.C2H6/c1-12(26)17-9-13-8-14(21)11-24-19(13)20(25-6-4-23-5-7-25)16-3-2-15(22)10-18(16)17;1-2/h2-3,8-11,20,23H,4-7H2,1H3;1-2H3. The summed E-state index contributed by atoms with van der Waals surface area (Å²) in [5, 5.41) is 4.04. The van der Waals surface area contributed by atoms with E-state index in [1.807, 2.05) is 50.4 Å². The monoisotopic (exact) mass is 461 g/mol. The maximum atomic E-state index is 12.4. The number of nitrogens with one attached hydrogen (secondary N) is 1. The van der Waals surface area contributed by atoms with Crippen LogP contribution in [0.1, 0.15) is 49.2 Å². The SMILES string of the molecule is CC.CC(=O)C1=Cc2cc(Br)cnc2C(N2CCNCC2)c2ccc(Cl)cc21. The molecule has 148 valence electrons. The number of rotatable bonds is 2. The molecule has 28 heavy (non-hydrogen) atoms. The summed E-state index contributed by atoms with van der Waals surface area (Å²) in [7, 11) is 0. The van der Waals surface area contributed by atoms with Crippen LogP contribution in [0.4, 0.5) is 0 Å². The van der Waals surface area contributed by atoms with Gasteiger partial charge < -0.3 is 5.32 Å². The zero-order valence-corrected chi connectivity index (χ0v) is 18.8. The van der Waals surface area contributed by atoms with Crippen molar-refractivity contribution in [2.75, 3.05) is 26.2 Å². The molecule has 1 N–H and O–H groups in total. The van der Waals surface area contributed by atoms with Crippen molar-refractivity contribution < 1.29 is 4.79 Å². The Balaban J connectivity index is 0.00000109. The molecule has 1 aliphatic carbocycles. The quantitative estimate of drug-likeness (QED) is 0.685. The fraction of sp³-hybridized carbons (Fsp3) is 0.364. The Bertz CT molecular complexity index is 907. The fourth-order valence-corrected chi connectivity index (χ4v) is 4.31. The van der Waals surface area contributed by atoms with Crippen molar-refractivity contribution in [2.24, 2.45) is 0 Å². The van der Waals surface area contributed by atoms with Crippen LogP contribution < -0.4 is 5.32 Å². The number of halogens is 2. The normalized spacial score (nSPS) is 18.8. The first-order valence-electron chi connectivity index (χ1n) is 9.67. The molecule has 6 heteroatoms. The molecule has 4 nitrogen and oxygen atoms in total. The van der Waals surface area contributed by atoms with Gasteiger partial charge in [0.25, 0.3) is 0 Å². The highest BCUT2D eigenvalue weighted by Gasteiger charge is 2.32. The van der Waals surface area contributed by atoms with Crippen molar-refractivity contribution in [2.45, 2.75) is 26.8 Å². The minimum atomic E-state index is 0.000525. The van der Waals surface area contributed by atoms with E-state index in [2.05, 4.69) is 26.1 Å². The third kappa shape index (κ3) is 4.23. The van der Waals surface area contributed by atoms with Gasteiger partial charge in [-0.3, -0.25) is 14.7 Å². The van der Waals surface area contributed by atoms with E-state index < -0.39 is 0 Å². The second-order valence-corrected chi connectivity index (χ2v) is 8.01. The summed E-state index contributed by atoms with van der Waals surface area (Å²) in [5.74, 6) is 0.0282.